The molecule has 6 heteroatoms. The van der Waals surface area contributed by atoms with Gasteiger partial charge in [-0.05, 0) is 30.7 Å². The molecule has 0 aliphatic carbocycles. The molecule has 0 spiro atoms. The standard InChI is InChI=1S/C11H13N3O3/c15-10(9-5-6-12-14-9)13-8-3-1-7(2-4-8)11(16)17/h1-4,9,12,14H,5-6H2,(H,13,15)(H,16,17). The summed E-state index contributed by atoms with van der Waals surface area (Å²) in [5.41, 5.74) is 6.51. The lowest BCUT2D eigenvalue weighted by Crippen LogP contribution is -2.39. The molecule has 1 saturated heterocycles. The van der Waals surface area contributed by atoms with Crippen molar-refractivity contribution in [2.24, 2.45) is 0 Å². The second-order valence-electron chi connectivity index (χ2n) is 3.78. The molecule has 1 aromatic rings. The third-order valence-corrected chi connectivity index (χ3v) is 2.55. The maximum Gasteiger partial charge on any atom is 0.335 e. The molecule has 0 bridgehead atoms. The van der Waals surface area contributed by atoms with Gasteiger partial charge in [0.1, 0.15) is 6.04 Å². The van der Waals surface area contributed by atoms with Crippen molar-refractivity contribution in [2.75, 3.05) is 11.9 Å². The van der Waals surface area contributed by atoms with Crippen molar-refractivity contribution in [2.45, 2.75) is 12.5 Å². The van der Waals surface area contributed by atoms with E-state index in [1.807, 2.05) is 0 Å². The summed E-state index contributed by atoms with van der Waals surface area (Å²) in [6.45, 7) is 0.760. The Balaban J connectivity index is 1.98. The van der Waals surface area contributed by atoms with Crippen LogP contribution in [-0.2, 0) is 4.79 Å². The molecule has 1 fully saturated rings. The Morgan fingerprint density at radius 2 is 2.00 bits per heavy atom. The number of anilines is 1. The molecule has 0 aromatic heterocycles. The van der Waals surface area contributed by atoms with Gasteiger partial charge in [-0.15, -0.1) is 0 Å². The molecule has 0 saturated carbocycles. The van der Waals surface area contributed by atoms with E-state index in [0.717, 1.165) is 13.0 Å². The highest BCUT2D eigenvalue weighted by atomic mass is 16.4. The number of carboxylic acid groups (broad SMARTS) is 1. The summed E-state index contributed by atoms with van der Waals surface area (Å²) in [6, 6.07) is 5.82. The number of amides is 1. The maximum atomic E-state index is 11.7. The fourth-order valence-corrected chi connectivity index (χ4v) is 1.61. The van der Waals surface area contributed by atoms with Crippen LogP contribution in [0.15, 0.2) is 24.3 Å². The van der Waals surface area contributed by atoms with E-state index in [1.165, 1.54) is 12.1 Å². The van der Waals surface area contributed by atoms with E-state index in [-0.39, 0.29) is 17.5 Å². The van der Waals surface area contributed by atoms with Crippen LogP contribution in [0.25, 0.3) is 0 Å². The SMILES string of the molecule is O=C(O)c1ccc(NC(=O)C2CCNN2)cc1. The van der Waals surface area contributed by atoms with Gasteiger partial charge in [0, 0.05) is 12.2 Å². The molecule has 90 valence electrons. The molecule has 1 aliphatic heterocycles. The van der Waals surface area contributed by atoms with Gasteiger partial charge in [0.05, 0.1) is 5.56 Å². The maximum absolute atomic E-state index is 11.7. The second-order valence-corrected chi connectivity index (χ2v) is 3.78. The fourth-order valence-electron chi connectivity index (χ4n) is 1.61. The largest absolute Gasteiger partial charge is 0.478 e. The Hall–Kier alpha value is -1.92. The minimum absolute atomic E-state index is 0.127. The Labute approximate surface area is 98.0 Å². The highest BCUT2D eigenvalue weighted by molar-refractivity contribution is 5.95. The van der Waals surface area contributed by atoms with Gasteiger partial charge < -0.3 is 10.4 Å². The summed E-state index contributed by atoms with van der Waals surface area (Å²) in [7, 11) is 0. The number of hydrazine groups is 1. The molecule has 4 N–H and O–H groups in total. The van der Waals surface area contributed by atoms with Crippen LogP contribution in [0.2, 0.25) is 0 Å². The van der Waals surface area contributed by atoms with E-state index in [2.05, 4.69) is 16.2 Å². The van der Waals surface area contributed by atoms with Crippen LogP contribution in [0.3, 0.4) is 0 Å². The molecule has 1 amide bonds. The molecular formula is C11H13N3O3. The highest BCUT2D eigenvalue weighted by Crippen LogP contribution is 2.10. The Kier molecular flexibility index (Phi) is 3.36. The van der Waals surface area contributed by atoms with Gasteiger partial charge in [-0.3, -0.25) is 10.2 Å². The predicted molar refractivity (Wildman–Crippen MR) is 61.6 cm³/mol. The zero-order valence-electron chi connectivity index (χ0n) is 9.06. The van der Waals surface area contributed by atoms with Crippen molar-refractivity contribution in [1.29, 1.82) is 0 Å². The zero-order chi connectivity index (χ0) is 12.3. The lowest BCUT2D eigenvalue weighted by Gasteiger charge is -2.10. The third kappa shape index (κ3) is 2.80. The number of rotatable bonds is 3. The van der Waals surface area contributed by atoms with Crippen LogP contribution in [0.4, 0.5) is 5.69 Å². The molecule has 1 aliphatic rings. The quantitative estimate of drug-likeness (QED) is 0.600. The van der Waals surface area contributed by atoms with Crippen LogP contribution in [0.1, 0.15) is 16.8 Å². The first-order chi connectivity index (χ1) is 8.16. The summed E-state index contributed by atoms with van der Waals surface area (Å²) in [5, 5.41) is 11.4. The number of carboxylic acids is 1. The first-order valence-electron chi connectivity index (χ1n) is 5.29. The Morgan fingerprint density at radius 1 is 1.29 bits per heavy atom. The van der Waals surface area contributed by atoms with Gasteiger partial charge >= 0.3 is 5.97 Å². The van der Waals surface area contributed by atoms with Crippen LogP contribution < -0.4 is 16.2 Å². The number of aromatic carboxylic acids is 1. The average Bonchev–Trinajstić information content (AvgIpc) is 2.83. The lowest BCUT2D eigenvalue weighted by atomic mass is 10.2. The highest BCUT2D eigenvalue weighted by Gasteiger charge is 2.21. The van der Waals surface area contributed by atoms with Crippen LogP contribution >= 0.6 is 0 Å². The van der Waals surface area contributed by atoms with E-state index < -0.39 is 5.97 Å². The Morgan fingerprint density at radius 3 is 2.53 bits per heavy atom. The molecule has 17 heavy (non-hydrogen) atoms. The molecule has 0 radical (unpaired) electrons. The molecule has 1 unspecified atom stereocenters. The van der Waals surface area contributed by atoms with E-state index in [4.69, 9.17) is 5.11 Å². The molecule has 1 atom stereocenters. The summed E-state index contributed by atoms with van der Waals surface area (Å²) in [6.07, 6.45) is 0.735. The fraction of sp³-hybridized carbons (Fsp3) is 0.273. The summed E-state index contributed by atoms with van der Waals surface area (Å²) >= 11 is 0. The van der Waals surface area contributed by atoms with Gasteiger partial charge in [0.15, 0.2) is 0 Å². The number of carbonyl (C=O) groups is 2. The van der Waals surface area contributed by atoms with Crippen molar-refractivity contribution in [3.63, 3.8) is 0 Å². The number of benzene rings is 1. The van der Waals surface area contributed by atoms with Crippen LogP contribution in [0, 0.1) is 0 Å². The van der Waals surface area contributed by atoms with E-state index in [9.17, 15) is 9.59 Å². The lowest BCUT2D eigenvalue weighted by molar-refractivity contribution is -0.117. The van der Waals surface area contributed by atoms with E-state index in [0.29, 0.717) is 5.69 Å². The Bertz CT molecular complexity index is 424. The minimum Gasteiger partial charge on any atom is -0.478 e. The van der Waals surface area contributed by atoms with Crippen molar-refractivity contribution in [3.8, 4) is 0 Å². The summed E-state index contributed by atoms with van der Waals surface area (Å²) in [4.78, 5) is 22.3. The van der Waals surface area contributed by atoms with Crippen LogP contribution in [0.5, 0.6) is 0 Å². The van der Waals surface area contributed by atoms with Gasteiger partial charge in [-0.25, -0.2) is 10.2 Å². The second kappa shape index (κ2) is 4.94. The van der Waals surface area contributed by atoms with Crippen molar-refractivity contribution >= 4 is 17.6 Å². The van der Waals surface area contributed by atoms with Gasteiger partial charge in [-0.1, -0.05) is 0 Å². The van der Waals surface area contributed by atoms with Gasteiger partial charge in [-0.2, -0.15) is 0 Å². The summed E-state index contributed by atoms with van der Waals surface area (Å²) < 4.78 is 0. The average molecular weight is 235 g/mol. The monoisotopic (exact) mass is 235 g/mol. The minimum atomic E-state index is -0.982. The van der Waals surface area contributed by atoms with Crippen molar-refractivity contribution in [3.05, 3.63) is 29.8 Å². The van der Waals surface area contributed by atoms with Gasteiger partial charge in [0.2, 0.25) is 5.91 Å². The predicted octanol–water partition coefficient (Wildman–Crippen LogP) is 0.190. The molecular weight excluding hydrogens is 222 g/mol. The number of hydrogen-bond acceptors (Lipinski definition) is 4. The van der Waals surface area contributed by atoms with E-state index in [1.54, 1.807) is 12.1 Å². The first-order valence-corrected chi connectivity index (χ1v) is 5.29. The van der Waals surface area contributed by atoms with Gasteiger partial charge in [0.25, 0.3) is 0 Å². The first kappa shape index (κ1) is 11.6. The molecule has 1 aromatic carbocycles. The number of carbonyl (C=O) groups excluding carboxylic acids is 1. The third-order valence-electron chi connectivity index (χ3n) is 2.55. The number of nitrogens with one attached hydrogen (secondary N) is 3. The normalized spacial score (nSPS) is 18.9. The van der Waals surface area contributed by atoms with Crippen LogP contribution in [-0.4, -0.2) is 29.6 Å². The van der Waals surface area contributed by atoms with E-state index >= 15 is 0 Å². The zero-order valence-corrected chi connectivity index (χ0v) is 9.06. The molecule has 2 rings (SSSR count). The molecule has 1 heterocycles. The number of hydrogen-bond donors (Lipinski definition) is 4. The van der Waals surface area contributed by atoms with Crippen molar-refractivity contribution in [1.82, 2.24) is 10.9 Å². The van der Waals surface area contributed by atoms with Crippen molar-refractivity contribution < 1.29 is 14.7 Å². The summed E-state index contributed by atoms with van der Waals surface area (Å²) in [5.74, 6) is -1.11. The smallest absolute Gasteiger partial charge is 0.335 e. The topological polar surface area (TPSA) is 90.5 Å². The molecule has 6 nitrogen and oxygen atoms in total.